The first kappa shape index (κ1) is 27.7. The minimum atomic E-state index is -3.67. The standard InChI is InChI=1S/C32H34N2O3.CH4O3S/c35-26-11-10-23-20-27-32(36)15-12-25(34-18-14-22-8-4-5-9-24(22)34)30-31(32,28(23)29(26)37-30)16-19-33(27)17-13-21-6-2-1-3-7-21;1-5(2,3)4/h1-11,25,27,30,35-36H,12-20H2;1H3,(H,2,3,4)/t25-,27-,30+,31+,32?;/m1./s1. The van der Waals surface area contributed by atoms with Crippen LogP contribution in [0, 0.1) is 0 Å². The quantitative estimate of drug-likeness (QED) is 0.395. The van der Waals surface area contributed by atoms with Crippen molar-refractivity contribution in [1.29, 1.82) is 0 Å². The predicted octanol–water partition coefficient (Wildman–Crippen LogP) is 3.72. The summed E-state index contributed by atoms with van der Waals surface area (Å²) in [6.07, 6.45) is 5.91. The number of likely N-dealkylation sites (tertiary alicyclic amines) is 1. The van der Waals surface area contributed by atoms with Gasteiger partial charge in [0, 0.05) is 30.4 Å². The summed E-state index contributed by atoms with van der Waals surface area (Å²) in [4.78, 5) is 5.09. The Morgan fingerprint density at radius 1 is 0.976 bits per heavy atom. The fraction of sp³-hybridized carbons (Fsp3) is 0.455. The van der Waals surface area contributed by atoms with Gasteiger partial charge in [0.1, 0.15) is 6.10 Å². The topological polar surface area (TPSA) is 111 Å². The SMILES string of the molecule is CS(=O)(=O)O.Oc1ccc2c3c1O[C@H]1[C@H](N4CCc5ccccc54)CCC4(O)[C@@H](C2)N(CCc2ccccc2)CC[C@]314. The molecule has 0 radical (unpaired) electrons. The number of hydrogen-bond acceptors (Lipinski definition) is 7. The van der Waals surface area contributed by atoms with Crippen molar-refractivity contribution in [1.82, 2.24) is 4.90 Å². The summed E-state index contributed by atoms with van der Waals surface area (Å²) in [5, 5.41) is 23.7. The second-order valence-corrected chi connectivity index (χ2v) is 14.0. The van der Waals surface area contributed by atoms with Gasteiger partial charge in [-0.15, -0.1) is 0 Å². The van der Waals surface area contributed by atoms with Crippen molar-refractivity contribution in [2.45, 2.75) is 67.7 Å². The van der Waals surface area contributed by atoms with Crippen molar-refractivity contribution in [2.75, 3.05) is 30.8 Å². The molecule has 0 aromatic heterocycles. The highest BCUT2D eigenvalue weighted by Gasteiger charge is 2.73. The molecule has 5 atom stereocenters. The molecule has 2 aliphatic carbocycles. The fourth-order valence-corrected chi connectivity index (χ4v) is 8.82. The highest BCUT2D eigenvalue weighted by atomic mass is 32.2. The lowest BCUT2D eigenvalue weighted by Crippen LogP contribution is -2.78. The van der Waals surface area contributed by atoms with Gasteiger partial charge in [-0.05, 0) is 73.9 Å². The molecule has 42 heavy (non-hydrogen) atoms. The summed E-state index contributed by atoms with van der Waals surface area (Å²) in [6, 6.07) is 23.5. The van der Waals surface area contributed by atoms with Crippen LogP contribution in [0.1, 0.15) is 41.5 Å². The van der Waals surface area contributed by atoms with Crippen LogP contribution in [0.5, 0.6) is 11.5 Å². The van der Waals surface area contributed by atoms with Crippen molar-refractivity contribution in [2.24, 2.45) is 0 Å². The van der Waals surface area contributed by atoms with Crippen LogP contribution in [0.15, 0.2) is 66.7 Å². The minimum Gasteiger partial charge on any atom is -0.504 e. The molecule has 3 aromatic carbocycles. The molecule has 3 aromatic rings. The second-order valence-electron chi connectivity index (χ2n) is 12.5. The first-order valence-corrected chi connectivity index (χ1v) is 16.7. The van der Waals surface area contributed by atoms with Gasteiger partial charge in [0.05, 0.1) is 23.3 Å². The lowest BCUT2D eigenvalue weighted by atomic mass is 9.48. The number of benzene rings is 3. The number of anilines is 1. The third kappa shape index (κ3) is 4.24. The number of aliphatic hydroxyl groups is 1. The molecule has 1 unspecified atom stereocenters. The fourth-order valence-electron chi connectivity index (χ4n) is 8.82. The lowest BCUT2D eigenvalue weighted by molar-refractivity contribution is -0.188. The Morgan fingerprint density at radius 2 is 1.71 bits per heavy atom. The van der Waals surface area contributed by atoms with E-state index in [9.17, 15) is 18.6 Å². The number of nitrogens with zero attached hydrogens (tertiary/aromatic N) is 2. The number of piperidine rings is 1. The highest BCUT2D eigenvalue weighted by molar-refractivity contribution is 7.85. The summed E-state index contributed by atoms with van der Waals surface area (Å²) in [5.74, 6) is 0.854. The van der Waals surface area contributed by atoms with Crippen LogP contribution in [0.4, 0.5) is 5.69 Å². The molecule has 3 aliphatic heterocycles. The zero-order valence-corrected chi connectivity index (χ0v) is 24.6. The van der Waals surface area contributed by atoms with Crippen molar-refractivity contribution < 1.29 is 27.9 Å². The number of para-hydroxylation sites is 1. The van der Waals surface area contributed by atoms with Gasteiger partial charge in [-0.3, -0.25) is 9.45 Å². The molecule has 1 saturated carbocycles. The van der Waals surface area contributed by atoms with Crippen molar-refractivity contribution in [3.8, 4) is 11.5 Å². The average molecular weight is 591 g/mol. The molecule has 3 N–H and O–H groups in total. The Labute approximate surface area is 247 Å². The third-order valence-corrected chi connectivity index (χ3v) is 10.4. The van der Waals surface area contributed by atoms with Gasteiger partial charge in [0.25, 0.3) is 10.1 Å². The largest absolute Gasteiger partial charge is 0.504 e. The number of rotatable bonds is 4. The Morgan fingerprint density at radius 3 is 2.50 bits per heavy atom. The molecular formula is C33H38N2O6S. The smallest absolute Gasteiger partial charge is 0.261 e. The Bertz CT molecular complexity index is 1610. The molecule has 2 bridgehead atoms. The Hall–Kier alpha value is -3.11. The van der Waals surface area contributed by atoms with Gasteiger partial charge >= 0.3 is 0 Å². The lowest BCUT2D eigenvalue weighted by Gasteiger charge is -2.65. The van der Waals surface area contributed by atoms with E-state index in [1.807, 2.05) is 0 Å². The normalized spacial score (nSPS) is 30.5. The van der Waals surface area contributed by atoms with E-state index in [0.29, 0.717) is 12.0 Å². The van der Waals surface area contributed by atoms with Crippen LogP contribution >= 0.6 is 0 Å². The third-order valence-electron chi connectivity index (χ3n) is 10.4. The molecule has 1 saturated heterocycles. The molecule has 0 amide bonds. The van der Waals surface area contributed by atoms with Crippen molar-refractivity contribution in [3.05, 3.63) is 89.0 Å². The molecule has 9 heteroatoms. The first-order valence-electron chi connectivity index (χ1n) is 14.9. The first-order chi connectivity index (χ1) is 20.1. The molecule has 222 valence electrons. The maximum Gasteiger partial charge on any atom is 0.261 e. The van der Waals surface area contributed by atoms with Gasteiger partial charge in [-0.2, -0.15) is 8.42 Å². The van der Waals surface area contributed by atoms with Crippen LogP contribution in [0.2, 0.25) is 0 Å². The van der Waals surface area contributed by atoms with Crippen LogP contribution in [-0.4, -0.2) is 77.8 Å². The number of ether oxygens (including phenoxy) is 1. The number of fused-ring (bicyclic) bond motifs is 1. The molecular weight excluding hydrogens is 552 g/mol. The molecule has 3 heterocycles. The maximum absolute atomic E-state index is 12.8. The summed E-state index contributed by atoms with van der Waals surface area (Å²) in [5.41, 5.74) is 5.06. The molecule has 2 fully saturated rings. The second kappa shape index (κ2) is 9.98. The maximum atomic E-state index is 12.8. The summed E-state index contributed by atoms with van der Waals surface area (Å²) in [7, 11) is -3.67. The summed E-state index contributed by atoms with van der Waals surface area (Å²) < 4.78 is 32.7. The van der Waals surface area contributed by atoms with E-state index in [1.165, 1.54) is 22.4 Å². The van der Waals surface area contributed by atoms with Crippen molar-refractivity contribution >= 4 is 15.8 Å². The van der Waals surface area contributed by atoms with E-state index in [2.05, 4.69) is 70.5 Å². The number of hydrogen-bond donors (Lipinski definition) is 3. The van der Waals surface area contributed by atoms with Gasteiger partial charge in [-0.25, -0.2) is 0 Å². The Balaban J connectivity index is 0.000000534. The predicted molar refractivity (Wildman–Crippen MR) is 161 cm³/mol. The van der Waals surface area contributed by atoms with E-state index >= 15 is 0 Å². The highest BCUT2D eigenvalue weighted by Crippen LogP contribution is 2.66. The van der Waals surface area contributed by atoms with Gasteiger partial charge in [0.2, 0.25) is 0 Å². The number of aromatic hydroxyl groups is 1. The Kier molecular flexibility index (Phi) is 6.58. The summed E-state index contributed by atoms with van der Waals surface area (Å²) in [6.45, 7) is 2.87. The van der Waals surface area contributed by atoms with Crippen molar-refractivity contribution in [3.63, 3.8) is 0 Å². The number of phenols is 1. The molecule has 1 spiro atoms. The van der Waals surface area contributed by atoms with Crippen LogP contribution in [-0.2, 0) is 34.8 Å². The van der Waals surface area contributed by atoms with Gasteiger partial charge < -0.3 is 19.8 Å². The average Bonchev–Trinajstić information content (AvgIpc) is 3.54. The van der Waals surface area contributed by atoms with Gasteiger partial charge in [-0.1, -0.05) is 54.6 Å². The molecule has 5 aliphatic rings. The summed E-state index contributed by atoms with van der Waals surface area (Å²) >= 11 is 0. The van der Waals surface area contributed by atoms with E-state index in [4.69, 9.17) is 9.29 Å². The van der Waals surface area contributed by atoms with Crippen LogP contribution < -0.4 is 9.64 Å². The van der Waals surface area contributed by atoms with E-state index < -0.39 is 21.1 Å². The van der Waals surface area contributed by atoms with E-state index in [0.717, 1.165) is 63.7 Å². The number of phenolic OH excluding ortho intramolecular Hbond substituents is 1. The van der Waals surface area contributed by atoms with E-state index in [1.54, 1.807) is 6.07 Å². The van der Waals surface area contributed by atoms with Crippen LogP contribution in [0.25, 0.3) is 0 Å². The monoisotopic (exact) mass is 590 g/mol. The van der Waals surface area contributed by atoms with E-state index in [-0.39, 0.29) is 23.9 Å². The zero-order chi connectivity index (χ0) is 29.3. The van der Waals surface area contributed by atoms with Gasteiger partial charge in [0.15, 0.2) is 11.5 Å². The van der Waals surface area contributed by atoms with Crippen LogP contribution in [0.3, 0.4) is 0 Å². The zero-order valence-electron chi connectivity index (χ0n) is 23.8. The molecule has 8 rings (SSSR count). The minimum absolute atomic E-state index is 0.0610. The molecule has 8 nitrogen and oxygen atoms in total.